The second-order valence-electron chi connectivity index (χ2n) is 5.73. The molecule has 2 aliphatic heterocycles. The van der Waals surface area contributed by atoms with Crippen molar-refractivity contribution in [2.24, 2.45) is 0 Å². The molecule has 1 N–H and O–H groups in total. The first-order valence-corrected chi connectivity index (χ1v) is 6.37. The number of pyridine rings is 1. The summed E-state index contributed by atoms with van der Waals surface area (Å²) in [5.41, 5.74) is -0.278. The van der Waals surface area contributed by atoms with Gasteiger partial charge in [-0.05, 0) is 6.07 Å². The van der Waals surface area contributed by atoms with Gasteiger partial charge in [-0.15, -0.1) is 0 Å². The van der Waals surface area contributed by atoms with Gasteiger partial charge in [0, 0.05) is 36.8 Å². The quantitative estimate of drug-likeness (QED) is 0.784. The zero-order valence-corrected chi connectivity index (χ0v) is 10.9. The van der Waals surface area contributed by atoms with Crippen LogP contribution in [0.4, 0.5) is 19.0 Å². The van der Waals surface area contributed by atoms with Gasteiger partial charge < -0.3 is 10.2 Å². The van der Waals surface area contributed by atoms with Gasteiger partial charge in [0.25, 0.3) is 0 Å². The number of rotatable bonds is 0. The molecule has 3 heterocycles. The van der Waals surface area contributed by atoms with Gasteiger partial charge in [0.1, 0.15) is 5.82 Å². The minimum Gasteiger partial charge on any atom is -0.350 e. The molecule has 0 saturated carbocycles. The van der Waals surface area contributed by atoms with Crippen molar-refractivity contribution in [3.05, 3.63) is 23.4 Å². The molecule has 6 heteroatoms. The zero-order chi connectivity index (χ0) is 13.8. The Morgan fingerprint density at radius 3 is 2.84 bits per heavy atom. The lowest BCUT2D eigenvalue weighted by Gasteiger charge is -2.37. The Morgan fingerprint density at radius 1 is 1.42 bits per heavy atom. The molecule has 1 fully saturated rings. The molecule has 3 rings (SSSR count). The van der Waals surface area contributed by atoms with E-state index in [1.165, 1.54) is 6.07 Å². The average Bonchev–Trinajstić information content (AvgIpc) is 2.58. The van der Waals surface area contributed by atoms with Crippen molar-refractivity contribution < 1.29 is 13.2 Å². The maximum absolute atomic E-state index is 12.8. The molecular weight excluding hydrogens is 255 g/mol. The monoisotopic (exact) mass is 271 g/mol. The summed E-state index contributed by atoms with van der Waals surface area (Å²) >= 11 is 0. The summed E-state index contributed by atoms with van der Waals surface area (Å²) in [4.78, 5) is 6.21. The van der Waals surface area contributed by atoms with Crippen molar-refractivity contribution in [3.8, 4) is 0 Å². The fourth-order valence-electron chi connectivity index (χ4n) is 3.10. The summed E-state index contributed by atoms with van der Waals surface area (Å²) in [6.45, 7) is 6.40. The van der Waals surface area contributed by atoms with Gasteiger partial charge in [-0.25, -0.2) is 4.98 Å². The summed E-state index contributed by atoms with van der Waals surface area (Å²) < 4.78 is 38.4. The highest BCUT2D eigenvalue weighted by atomic mass is 19.4. The minimum absolute atomic E-state index is 0.173. The van der Waals surface area contributed by atoms with Crippen LogP contribution in [-0.2, 0) is 11.6 Å². The van der Waals surface area contributed by atoms with Gasteiger partial charge in [-0.3, -0.25) is 0 Å². The van der Waals surface area contributed by atoms with Gasteiger partial charge in [-0.2, -0.15) is 13.2 Å². The minimum atomic E-state index is -4.33. The predicted octanol–water partition coefficient (Wildman–Crippen LogP) is 2.17. The van der Waals surface area contributed by atoms with Crippen LogP contribution in [0.15, 0.2) is 12.3 Å². The molecule has 0 bridgehead atoms. The molecule has 0 spiro atoms. The molecule has 3 nitrogen and oxygen atoms in total. The molecule has 0 amide bonds. The molecule has 2 aliphatic rings. The van der Waals surface area contributed by atoms with Crippen molar-refractivity contribution in [2.75, 3.05) is 24.5 Å². The van der Waals surface area contributed by atoms with Gasteiger partial charge in [0.05, 0.1) is 11.6 Å². The van der Waals surface area contributed by atoms with E-state index in [1.807, 2.05) is 13.8 Å². The number of aromatic nitrogens is 1. The number of halogens is 3. The van der Waals surface area contributed by atoms with Crippen molar-refractivity contribution in [2.45, 2.75) is 31.5 Å². The summed E-state index contributed by atoms with van der Waals surface area (Å²) in [5.74, 6) is 0.713. The van der Waals surface area contributed by atoms with Crippen molar-refractivity contribution in [3.63, 3.8) is 0 Å². The van der Waals surface area contributed by atoms with Crippen LogP contribution in [0.5, 0.6) is 0 Å². The van der Waals surface area contributed by atoms with Crippen LogP contribution in [0.3, 0.4) is 0 Å². The van der Waals surface area contributed by atoms with Gasteiger partial charge in [0.2, 0.25) is 0 Å². The Hall–Kier alpha value is -1.30. The highest BCUT2D eigenvalue weighted by molar-refractivity contribution is 5.60. The first-order valence-electron chi connectivity index (χ1n) is 6.37. The molecule has 1 atom stereocenters. The smallest absolute Gasteiger partial charge is 0.350 e. The Labute approximate surface area is 109 Å². The van der Waals surface area contributed by atoms with E-state index in [0.717, 1.165) is 25.8 Å². The number of hydrogen-bond donors (Lipinski definition) is 1. The first-order chi connectivity index (χ1) is 8.82. The third-order valence-electron chi connectivity index (χ3n) is 4.24. The number of piperazine rings is 1. The highest BCUT2D eigenvalue weighted by Crippen LogP contribution is 2.46. The van der Waals surface area contributed by atoms with Gasteiger partial charge >= 0.3 is 6.18 Å². The summed E-state index contributed by atoms with van der Waals surface area (Å²) in [6.07, 6.45) is -3.39. The topological polar surface area (TPSA) is 28.2 Å². The van der Waals surface area contributed by atoms with Crippen LogP contribution < -0.4 is 10.2 Å². The molecule has 19 heavy (non-hydrogen) atoms. The number of anilines is 1. The van der Waals surface area contributed by atoms with Crippen molar-refractivity contribution >= 4 is 5.82 Å². The molecule has 1 saturated heterocycles. The molecule has 0 aliphatic carbocycles. The maximum atomic E-state index is 12.8. The summed E-state index contributed by atoms with van der Waals surface area (Å²) in [7, 11) is 0. The van der Waals surface area contributed by atoms with E-state index < -0.39 is 11.7 Å². The van der Waals surface area contributed by atoms with E-state index in [2.05, 4.69) is 15.2 Å². The molecule has 0 aromatic carbocycles. The van der Waals surface area contributed by atoms with Gasteiger partial charge in [-0.1, -0.05) is 13.8 Å². The second kappa shape index (κ2) is 3.85. The van der Waals surface area contributed by atoms with E-state index in [0.29, 0.717) is 11.4 Å². The Balaban J connectivity index is 2.11. The van der Waals surface area contributed by atoms with Crippen molar-refractivity contribution in [1.29, 1.82) is 0 Å². The van der Waals surface area contributed by atoms with E-state index >= 15 is 0 Å². The fraction of sp³-hybridized carbons (Fsp3) is 0.615. The van der Waals surface area contributed by atoms with Crippen LogP contribution in [0.1, 0.15) is 25.0 Å². The Kier molecular flexibility index (Phi) is 2.58. The van der Waals surface area contributed by atoms with Crippen LogP contribution in [0.2, 0.25) is 0 Å². The third-order valence-corrected chi connectivity index (χ3v) is 4.24. The van der Waals surface area contributed by atoms with E-state index in [-0.39, 0.29) is 11.5 Å². The lowest BCUT2D eigenvalue weighted by molar-refractivity contribution is -0.137. The molecule has 104 valence electrons. The molecular formula is C13H16F3N3. The van der Waals surface area contributed by atoms with Crippen LogP contribution in [0, 0.1) is 0 Å². The standard InChI is InChI=1S/C13H16F3N3/c1-12(2)9-5-8(13(14,15)16)6-18-11(9)19-4-3-17-7-10(12)19/h5-6,10,17H,3-4,7H2,1-2H3/t10-/m1/s1. The zero-order valence-electron chi connectivity index (χ0n) is 10.9. The lowest BCUT2D eigenvalue weighted by atomic mass is 9.80. The van der Waals surface area contributed by atoms with E-state index in [4.69, 9.17) is 0 Å². The van der Waals surface area contributed by atoms with Crippen LogP contribution >= 0.6 is 0 Å². The molecule has 0 radical (unpaired) electrons. The largest absolute Gasteiger partial charge is 0.417 e. The molecule has 1 aromatic rings. The number of fused-ring (bicyclic) bond motifs is 3. The number of hydrogen-bond acceptors (Lipinski definition) is 3. The van der Waals surface area contributed by atoms with E-state index in [1.54, 1.807) is 0 Å². The molecule has 0 unspecified atom stereocenters. The first kappa shape index (κ1) is 12.7. The third kappa shape index (κ3) is 1.81. The predicted molar refractivity (Wildman–Crippen MR) is 66.3 cm³/mol. The van der Waals surface area contributed by atoms with Gasteiger partial charge in [0.15, 0.2) is 0 Å². The summed E-state index contributed by atoms with van der Waals surface area (Å²) in [5, 5.41) is 3.30. The lowest BCUT2D eigenvalue weighted by Crippen LogP contribution is -2.55. The normalized spacial score (nSPS) is 25.1. The number of alkyl halides is 3. The van der Waals surface area contributed by atoms with Crippen LogP contribution in [-0.4, -0.2) is 30.7 Å². The van der Waals surface area contributed by atoms with Crippen molar-refractivity contribution in [1.82, 2.24) is 10.3 Å². The van der Waals surface area contributed by atoms with E-state index in [9.17, 15) is 13.2 Å². The summed E-state index contributed by atoms with van der Waals surface area (Å²) in [6, 6.07) is 1.44. The SMILES string of the molecule is CC1(C)c2cc(C(F)(F)F)cnc2N2CCNC[C@@H]21. The maximum Gasteiger partial charge on any atom is 0.417 e. The van der Waals surface area contributed by atoms with Crippen LogP contribution in [0.25, 0.3) is 0 Å². The Bertz CT molecular complexity index is 510. The molecule has 1 aromatic heterocycles. The highest BCUT2D eigenvalue weighted by Gasteiger charge is 2.47. The number of nitrogens with one attached hydrogen (secondary N) is 1. The second-order valence-corrected chi connectivity index (χ2v) is 5.73. The number of nitrogens with zero attached hydrogens (tertiary/aromatic N) is 2. The fourth-order valence-corrected chi connectivity index (χ4v) is 3.10. The average molecular weight is 271 g/mol. The Morgan fingerprint density at radius 2 is 2.16 bits per heavy atom.